The van der Waals surface area contributed by atoms with Crippen molar-refractivity contribution in [2.24, 2.45) is 11.8 Å². The summed E-state index contributed by atoms with van der Waals surface area (Å²) in [6, 6.07) is 24.6. The first-order valence-electron chi connectivity index (χ1n) is 32.1. The molecule has 2 aliphatic carbocycles. The summed E-state index contributed by atoms with van der Waals surface area (Å²) >= 11 is 12.3. The first kappa shape index (κ1) is 67.6. The summed E-state index contributed by atoms with van der Waals surface area (Å²) in [6.45, 7) is 22.5. The van der Waals surface area contributed by atoms with Crippen molar-refractivity contribution in [2.75, 3.05) is 114 Å². The standard InChI is InChI=1S/C36H52ClN3O3.C34H47ClFN3O3/c1-5-29-25-31(27(2)3)14-17-33(29)40(35(42)26-37)36(34(41)24-28-10-7-6-8-11-28)30-12-15-32(16-13-30)43-23-9-18-39-21-19-38(4)20-22-39;1-25(2)28-12-15-31(30(36)23-28)39(33(41)24-35)34(32(40)22-26-8-5-4-6-9-26)27-10-13-29(14-11-27)42-21-7-16-38-19-17-37(3)18-20-38/h12-17,25,27-28,36H,5-11,18-24,26H2,1-4H3;10-15,23,25-26,34H,4-9,16-22,24H2,1-3H3. The first-order valence-corrected chi connectivity index (χ1v) is 33.1. The molecule has 0 spiro atoms. The van der Waals surface area contributed by atoms with Crippen LogP contribution in [0.5, 0.6) is 11.5 Å². The molecule has 15 heteroatoms. The summed E-state index contributed by atoms with van der Waals surface area (Å²) in [7, 11) is 4.33. The fourth-order valence-electron chi connectivity index (χ4n) is 12.6. The maximum absolute atomic E-state index is 15.6. The summed E-state index contributed by atoms with van der Waals surface area (Å²) in [4.78, 5) is 67.8. The number of nitrogens with zero attached hydrogens (tertiary/aromatic N) is 6. The molecule has 2 heterocycles. The second-order valence-corrected chi connectivity index (χ2v) is 25.6. The molecule has 2 saturated carbocycles. The van der Waals surface area contributed by atoms with Crippen molar-refractivity contribution in [2.45, 2.75) is 155 Å². The Labute approximate surface area is 519 Å². The van der Waals surface area contributed by atoms with Gasteiger partial charge in [0, 0.05) is 84.0 Å². The molecule has 4 aromatic rings. The predicted molar refractivity (Wildman–Crippen MR) is 346 cm³/mol. The highest BCUT2D eigenvalue weighted by atomic mass is 35.5. The molecular weight excluding hydrogens is 1110 g/mol. The molecule has 85 heavy (non-hydrogen) atoms. The Morgan fingerprint density at radius 2 is 0.906 bits per heavy atom. The number of likely N-dealkylation sites (N-methyl/N-ethyl adjacent to an activating group) is 2. The highest BCUT2D eigenvalue weighted by molar-refractivity contribution is 6.30. The topological polar surface area (TPSA) is 106 Å². The van der Waals surface area contributed by atoms with Crippen molar-refractivity contribution in [3.05, 3.63) is 119 Å². The molecule has 4 aliphatic rings. The average Bonchev–Trinajstić information content (AvgIpc) is 2.54. The second kappa shape index (κ2) is 34.6. The van der Waals surface area contributed by atoms with E-state index < -0.39 is 23.8 Å². The van der Waals surface area contributed by atoms with E-state index in [2.05, 4.69) is 66.6 Å². The number of halogens is 3. The lowest BCUT2D eigenvalue weighted by atomic mass is 9.83. The fraction of sp³-hybridized carbons (Fsp3) is 0.600. The predicted octanol–water partition coefficient (Wildman–Crippen LogP) is 14.1. The van der Waals surface area contributed by atoms with Crippen molar-refractivity contribution in [1.82, 2.24) is 19.6 Å². The number of hydrogen-bond acceptors (Lipinski definition) is 10. The van der Waals surface area contributed by atoms with Crippen LogP contribution in [-0.4, -0.2) is 147 Å². The van der Waals surface area contributed by atoms with E-state index in [1.165, 1.54) is 42.2 Å². The Kier molecular flexibility index (Phi) is 27.5. The first-order chi connectivity index (χ1) is 41.1. The zero-order valence-electron chi connectivity index (χ0n) is 52.3. The summed E-state index contributed by atoms with van der Waals surface area (Å²) in [6.07, 6.45) is 14.6. The van der Waals surface area contributed by atoms with Gasteiger partial charge in [0.25, 0.3) is 0 Å². The van der Waals surface area contributed by atoms with Gasteiger partial charge in [-0.15, -0.1) is 23.2 Å². The highest BCUT2D eigenvalue weighted by Crippen LogP contribution is 2.39. The van der Waals surface area contributed by atoms with E-state index in [4.69, 9.17) is 32.7 Å². The normalized spacial score (nSPS) is 17.7. The lowest BCUT2D eigenvalue weighted by Crippen LogP contribution is -2.44. The van der Waals surface area contributed by atoms with Crippen LogP contribution in [0.25, 0.3) is 0 Å². The molecule has 2 aliphatic heterocycles. The quantitative estimate of drug-likeness (QED) is 0.0423. The zero-order chi connectivity index (χ0) is 60.8. The van der Waals surface area contributed by atoms with Crippen molar-refractivity contribution in [3.8, 4) is 11.5 Å². The number of amides is 2. The van der Waals surface area contributed by atoms with E-state index >= 15 is 4.39 Å². The molecule has 466 valence electrons. The largest absolute Gasteiger partial charge is 0.494 e. The van der Waals surface area contributed by atoms with Crippen LogP contribution in [0.3, 0.4) is 0 Å². The van der Waals surface area contributed by atoms with Gasteiger partial charge in [-0.2, -0.15) is 0 Å². The number of hydrogen-bond donors (Lipinski definition) is 0. The van der Waals surface area contributed by atoms with Crippen LogP contribution in [-0.2, 0) is 25.6 Å². The molecular formula is C70H99Cl2FN6O6. The van der Waals surface area contributed by atoms with Gasteiger partial charge >= 0.3 is 0 Å². The second-order valence-electron chi connectivity index (χ2n) is 25.0. The van der Waals surface area contributed by atoms with E-state index in [1.54, 1.807) is 11.0 Å². The monoisotopic (exact) mass is 1210 g/mol. The SMILES string of the molecule is CC(C)c1ccc(N(C(=O)CCl)C(C(=O)CC2CCCCC2)c2ccc(OCCCN3CCN(C)CC3)cc2)c(F)c1.CCc1cc(C(C)C)ccc1N(C(=O)CCl)C(C(=O)CC1CCCCC1)c1ccc(OCCCN2CCN(C)CC2)cc1. The zero-order valence-corrected chi connectivity index (χ0v) is 53.8. The van der Waals surface area contributed by atoms with Gasteiger partial charge in [0.1, 0.15) is 41.2 Å². The highest BCUT2D eigenvalue weighted by Gasteiger charge is 2.37. The summed E-state index contributed by atoms with van der Waals surface area (Å²) < 4.78 is 27.7. The number of carbonyl (C=O) groups excluding carboxylic acids is 4. The van der Waals surface area contributed by atoms with E-state index in [-0.39, 0.29) is 46.8 Å². The molecule has 2 saturated heterocycles. The number of aryl methyl sites for hydroxylation is 1. The van der Waals surface area contributed by atoms with Crippen LogP contribution in [0, 0.1) is 17.7 Å². The van der Waals surface area contributed by atoms with Crippen LogP contribution in [0.1, 0.15) is 176 Å². The molecule has 2 unspecified atom stereocenters. The summed E-state index contributed by atoms with van der Waals surface area (Å²) in [5.74, 6) is 0.808. The number of ketones is 2. The van der Waals surface area contributed by atoms with Crippen molar-refractivity contribution in [1.29, 1.82) is 0 Å². The van der Waals surface area contributed by atoms with Crippen molar-refractivity contribution in [3.63, 3.8) is 0 Å². The fourth-order valence-corrected chi connectivity index (χ4v) is 12.9. The molecule has 12 nitrogen and oxygen atoms in total. The van der Waals surface area contributed by atoms with Crippen molar-refractivity contribution >= 4 is 58.0 Å². The number of Topliss-reactive ketones (excluding diaryl/α,β-unsaturated/α-hetero) is 2. The van der Waals surface area contributed by atoms with Crippen LogP contribution >= 0.6 is 23.2 Å². The maximum atomic E-state index is 15.6. The number of alkyl halides is 2. The molecule has 8 rings (SSSR count). The van der Waals surface area contributed by atoms with Crippen LogP contribution < -0.4 is 19.3 Å². The maximum Gasteiger partial charge on any atom is 0.242 e. The summed E-state index contributed by atoms with van der Waals surface area (Å²) in [5.41, 5.74) is 5.40. The third kappa shape index (κ3) is 20.1. The number of piperazine rings is 2. The van der Waals surface area contributed by atoms with Gasteiger partial charge in [0.15, 0.2) is 11.6 Å². The van der Waals surface area contributed by atoms with Crippen LogP contribution in [0.15, 0.2) is 84.9 Å². The molecule has 0 radical (unpaired) electrons. The Morgan fingerprint density at radius 1 is 0.529 bits per heavy atom. The summed E-state index contributed by atoms with van der Waals surface area (Å²) in [5, 5.41) is 0. The molecule has 0 N–H and O–H groups in total. The number of carbonyl (C=O) groups is 4. The Bertz CT molecular complexity index is 2700. The third-order valence-corrected chi connectivity index (χ3v) is 18.4. The lowest BCUT2D eigenvalue weighted by Gasteiger charge is -2.34. The Hall–Kier alpha value is -4.89. The average molecular weight is 1210 g/mol. The Morgan fingerprint density at radius 3 is 1.28 bits per heavy atom. The minimum Gasteiger partial charge on any atom is -0.494 e. The number of rotatable bonds is 27. The number of benzene rings is 4. The molecule has 4 aromatic carbocycles. The van der Waals surface area contributed by atoms with Crippen LogP contribution in [0.4, 0.5) is 15.8 Å². The van der Waals surface area contributed by atoms with Gasteiger partial charge in [-0.05, 0) is 127 Å². The van der Waals surface area contributed by atoms with Gasteiger partial charge in [-0.3, -0.25) is 29.0 Å². The minimum atomic E-state index is -0.969. The van der Waals surface area contributed by atoms with Gasteiger partial charge < -0.3 is 29.1 Å². The Balaban J connectivity index is 0.000000244. The van der Waals surface area contributed by atoms with Gasteiger partial charge in [0.2, 0.25) is 11.8 Å². The van der Waals surface area contributed by atoms with Gasteiger partial charge in [0.05, 0.1) is 18.9 Å². The van der Waals surface area contributed by atoms with Crippen LogP contribution in [0.2, 0.25) is 0 Å². The third-order valence-electron chi connectivity index (χ3n) is 18.0. The molecule has 0 aromatic heterocycles. The molecule has 0 bridgehead atoms. The van der Waals surface area contributed by atoms with E-state index in [9.17, 15) is 19.2 Å². The molecule has 4 fully saturated rings. The molecule has 2 atom stereocenters. The van der Waals surface area contributed by atoms with E-state index in [1.807, 2.05) is 74.5 Å². The van der Waals surface area contributed by atoms with Gasteiger partial charge in [-0.1, -0.05) is 141 Å². The minimum absolute atomic E-state index is 0.0799. The lowest BCUT2D eigenvalue weighted by molar-refractivity contribution is -0.125. The van der Waals surface area contributed by atoms with E-state index in [0.717, 1.165) is 151 Å². The van der Waals surface area contributed by atoms with Gasteiger partial charge in [-0.25, -0.2) is 4.39 Å². The number of ether oxygens (including phenoxy) is 2. The van der Waals surface area contributed by atoms with Crippen molar-refractivity contribution < 1.29 is 33.0 Å². The molecule has 2 amide bonds. The smallest absolute Gasteiger partial charge is 0.242 e. The number of anilines is 2. The van der Waals surface area contributed by atoms with E-state index in [0.29, 0.717) is 49.2 Å².